The molecule has 0 aromatic heterocycles. The molecular weight excluding hydrogens is 335 g/mol. The number of halogens is 2. The van der Waals surface area contributed by atoms with Crippen LogP contribution in [0.15, 0.2) is 0 Å². The second-order valence-corrected chi connectivity index (χ2v) is 11.6. The lowest BCUT2D eigenvalue weighted by Crippen LogP contribution is -2.62. The lowest BCUT2D eigenvalue weighted by Gasteiger charge is -2.60. The SMILES string of the molecule is CC1CC(C)C(C(C)C)C(C2(Cl)C(Cl)C(C(C)C)CCC2(C)C)C1. The normalized spacial score (nSPS) is 46.5. The van der Waals surface area contributed by atoms with Gasteiger partial charge in [0.2, 0.25) is 0 Å². The van der Waals surface area contributed by atoms with Gasteiger partial charge in [-0.05, 0) is 72.5 Å². The fraction of sp³-hybridized carbons (Fsp3) is 1.00. The fourth-order valence-corrected chi connectivity index (χ4v) is 7.74. The summed E-state index contributed by atoms with van der Waals surface area (Å²) in [7, 11) is 0. The van der Waals surface area contributed by atoms with Gasteiger partial charge >= 0.3 is 0 Å². The molecule has 24 heavy (non-hydrogen) atoms. The largest absolute Gasteiger partial charge is 0.121 e. The smallest absolute Gasteiger partial charge is 0.0694 e. The van der Waals surface area contributed by atoms with Crippen LogP contribution in [0.3, 0.4) is 0 Å². The standard InChI is InChI=1S/C22H40Cl2/c1-13(2)17-9-10-21(7,8)22(24,20(17)23)18-12-15(5)11-16(6)19(18)14(3)4/h13-20H,9-12H2,1-8H3. The van der Waals surface area contributed by atoms with Gasteiger partial charge in [0.25, 0.3) is 0 Å². The van der Waals surface area contributed by atoms with Crippen LogP contribution in [0.1, 0.15) is 81.1 Å². The van der Waals surface area contributed by atoms with Gasteiger partial charge in [-0.1, -0.05) is 55.4 Å². The number of hydrogen-bond donors (Lipinski definition) is 0. The molecule has 7 atom stereocenters. The molecule has 7 unspecified atom stereocenters. The van der Waals surface area contributed by atoms with Crippen molar-refractivity contribution < 1.29 is 0 Å². The van der Waals surface area contributed by atoms with E-state index in [4.69, 9.17) is 23.2 Å². The summed E-state index contributed by atoms with van der Waals surface area (Å²) < 4.78 is 0. The Morgan fingerprint density at radius 2 is 1.54 bits per heavy atom. The Bertz CT molecular complexity index is 428. The van der Waals surface area contributed by atoms with E-state index in [-0.39, 0.29) is 15.7 Å². The molecule has 0 radical (unpaired) electrons. The molecule has 2 fully saturated rings. The average Bonchev–Trinajstić information content (AvgIpc) is 2.42. The molecule has 0 spiro atoms. The summed E-state index contributed by atoms with van der Waals surface area (Å²) in [6.45, 7) is 19.1. The minimum atomic E-state index is -0.292. The maximum absolute atomic E-state index is 7.67. The Hall–Kier alpha value is 0.580. The highest BCUT2D eigenvalue weighted by Crippen LogP contribution is 2.62. The molecular formula is C22H40Cl2. The first-order chi connectivity index (χ1) is 10.9. The number of rotatable bonds is 3. The number of hydrogen-bond acceptors (Lipinski definition) is 0. The summed E-state index contributed by atoms with van der Waals surface area (Å²) in [6.07, 6.45) is 5.01. The molecule has 142 valence electrons. The summed E-state index contributed by atoms with van der Waals surface area (Å²) in [4.78, 5) is -0.292. The Labute approximate surface area is 161 Å². The summed E-state index contributed by atoms with van der Waals surface area (Å²) in [5.74, 6) is 4.53. The van der Waals surface area contributed by atoms with Gasteiger partial charge in [-0.15, -0.1) is 23.2 Å². The zero-order valence-corrected chi connectivity index (χ0v) is 18.7. The molecule has 0 nitrogen and oxygen atoms in total. The molecule has 2 saturated carbocycles. The first-order valence-electron chi connectivity index (χ1n) is 10.3. The zero-order valence-electron chi connectivity index (χ0n) is 17.2. The topological polar surface area (TPSA) is 0 Å². The van der Waals surface area contributed by atoms with Crippen molar-refractivity contribution in [3.05, 3.63) is 0 Å². The molecule has 2 heteroatoms. The van der Waals surface area contributed by atoms with Gasteiger partial charge in [-0.2, -0.15) is 0 Å². The fourth-order valence-electron chi connectivity index (χ4n) is 6.38. The molecule has 2 rings (SSSR count). The van der Waals surface area contributed by atoms with Crippen LogP contribution in [-0.2, 0) is 0 Å². The predicted molar refractivity (Wildman–Crippen MR) is 109 cm³/mol. The summed E-state index contributed by atoms with van der Waals surface area (Å²) in [6, 6.07) is 0. The summed E-state index contributed by atoms with van der Waals surface area (Å²) >= 11 is 14.9. The highest BCUT2D eigenvalue weighted by atomic mass is 35.5. The Morgan fingerprint density at radius 3 is 2.04 bits per heavy atom. The Kier molecular flexibility index (Phi) is 6.35. The molecule has 0 amide bonds. The Balaban J connectivity index is 2.48. The highest BCUT2D eigenvalue weighted by molar-refractivity contribution is 6.33. The van der Waals surface area contributed by atoms with Crippen molar-refractivity contribution in [2.75, 3.05) is 0 Å². The van der Waals surface area contributed by atoms with E-state index in [0.717, 1.165) is 11.8 Å². The van der Waals surface area contributed by atoms with E-state index in [1.165, 1.54) is 25.7 Å². The van der Waals surface area contributed by atoms with Gasteiger partial charge in [0.1, 0.15) is 0 Å². The van der Waals surface area contributed by atoms with E-state index >= 15 is 0 Å². The van der Waals surface area contributed by atoms with Crippen molar-refractivity contribution in [2.45, 2.75) is 91.3 Å². The monoisotopic (exact) mass is 374 g/mol. The molecule has 0 N–H and O–H groups in total. The summed E-state index contributed by atoms with van der Waals surface area (Å²) in [5, 5.41) is 0.0756. The van der Waals surface area contributed by atoms with Crippen LogP contribution in [0.4, 0.5) is 0 Å². The van der Waals surface area contributed by atoms with Crippen molar-refractivity contribution in [1.82, 2.24) is 0 Å². The molecule has 2 aliphatic rings. The quantitative estimate of drug-likeness (QED) is 0.445. The molecule has 0 aromatic rings. The van der Waals surface area contributed by atoms with Crippen molar-refractivity contribution >= 4 is 23.2 Å². The minimum Gasteiger partial charge on any atom is -0.121 e. The maximum Gasteiger partial charge on any atom is 0.0694 e. The van der Waals surface area contributed by atoms with E-state index in [0.29, 0.717) is 29.6 Å². The molecule has 0 heterocycles. The molecule has 2 aliphatic carbocycles. The van der Waals surface area contributed by atoms with Crippen LogP contribution in [0.5, 0.6) is 0 Å². The molecule has 0 bridgehead atoms. The van der Waals surface area contributed by atoms with Gasteiger partial charge in [0.05, 0.1) is 10.3 Å². The first kappa shape index (κ1) is 20.9. The van der Waals surface area contributed by atoms with E-state index < -0.39 is 0 Å². The lowest BCUT2D eigenvalue weighted by molar-refractivity contribution is -0.0195. The number of alkyl halides is 2. The third-order valence-electron chi connectivity index (χ3n) is 7.64. The van der Waals surface area contributed by atoms with Crippen LogP contribution >= 0.6 is 23.2 Å². The second kappa shape index (κ2) is 7.30. The van der Waals surface area contributed by atoms with Gasteiger partial charge in [-0.3, -0.25) is 0 Å². The predicted octanol–water partition coefficient (Wildman–Crippen LogP) is 7.62. The van der Waals surface area contributed by atoms with Crippen LogP contribution in [0.25, 0.3) is 0 Å². The highest BCUT2D eigenvalue weighted by Gasteiger charge is 2.61. The van der Waals surface area contributed by atoms with Crippen LogP contribution in [0, 0.1) is 46.8 Å². The molecule has 0 saturated heterocycles. The third-order valence-corrected chi connectivity index (χ3v) is 9.44. The molecule has 0 aromatic carbocycles. The van der Waals surface area contributed by atoms with E-state index in [1.807, 2.05) is 0 Å². The summed E-state index contributed by atoms with van der Waals surface area (Å²) in [5.41, 5.74) is 0.0982. The van der Waals surface area contributed by atoms with Crippen molar-refractivity contribution in [3.8, 4) is 0 Å². The van der Waals surface area contributed by atoms with Gasteiger partial charge in [0.15, 0.2) is 0 Å². The second-order valence-electron chi connectivity index (χ2n) is 10.5. The van der Waals surface area contributed by atoms with E-state index in [1.54, 1.807) is 0 Å². The zero-order chi connectivity index (χ0) is 18.4. The van der Waals surface area contributed by atoms with Crippen molar-refractivity contribution in [2.24, 2.45) is 46.8 Å². The van der Waals surface area contributed by atoms with E-state index in [2.05, 4.69) is 55.4 Å². The van der Waals surface area contributed by atoms with Crippen molar-refractivity contribution in [1.29, 1.82) is 0 Å². The van der Waals surface area contributed by atoms with Crippen molar-refractivity contribution in [3.63, 3.8) is 0 Å². The molecule has 0 aliphatic heterocycles. The average molecular weight is 375 g/mol. The van der Waals surface area contributed by atoms with E-state index in [9.17, 15) is 0 Å². The van der Waals surface area contributed by atoms with Gasteiger partial charge in [-0.25, -0.2) is 0 Å². The minimum absolute atomic E-state index is 0.0756. The Morgan fingerprint density at radius 1 is 0.958 bits per heavy atom. The van der Waals surface area contributed by atoms with Crippen LogP contribution in [-0.4, -0.2) is 10.3 Å². The first-order valence-corrected chi connectivity index (χ1v) is 11.1. The van der Waals surface area contributed by atoms with Crippen LogP contribution < -0.4 is 0 Å². The maximum atomic E-state index is 7.67. The van der Waals surface area contributed by atoms with Gasteiger partial charge < -0.3 is 0 Å². The van der Waals surface area contributed by atoms with Crippen LogP contribution in [0.2, 0.25) is 0 Å². The third kappa shape index (κ3) is 3.40. The lowest BCUT2D eigenvalue weighted by atomic mass is 9.51. The van der Waals surface area contributed by atoms with Gasteiger partial charge in [0, 0.05) is 0 Å².